The molecule has 0 N–H and O–H groups in total. The highest BCUT2D eigenvalue weighted by molar-refractivity contribution is 6.74. The third kappa shape index (κ3) is 4.30. The maximum absolute atomic E-state index is 12.1. The molecule has 0 radical (unpaired) electrons. The van der Waals surface area contributed by atoms with E-state index in [0.717, 1.165) is 39.0 Å². The molecule has 0 aliphatic carbocycles. The van der Waals surface area contributed by atoms with Crippen molar-refractivity contribution in [3.05, 3.63) is 0 Å². The number of likely N-dealkylation sites (tertiary alicyclic amines) is 2. The Kier molecular flexibility index (Phi) is 5.16. The topological polar surface area (TPSA) is 32.8 Å². The van der Waals surface area contributed by atoms with E-state index in [1.54, 1.807) is 0 Å². The van der Waals surface area contributed by atoms with Crippen molar-refractivity contribution in [3.63, 3.8) is 0 Å². The van der Waals surface area contributed by atoms with Crippen molar-refractivity contribution in [2.75, 3.05) is 32.7 Å². The molecule has 0 unspecified atom stereocenters. The number of carbonyl (C=O) groups is 1. The Hall–Kier alpha value is -0.393. The number of piperidine rings is 1. The Morgan fingerprint density at radius 1 is 1.19 bits per heavy atom. The third-order valence-electron chi connectivity index (χ3n) is 5.30. The van der Waals surface area contributed by atoms with E-state index in [9.17, 15) is 4.79 Å². The maximum atomic E-state index is 12.1. The van der Waals surface area contributed by atoms with Crippen LogP contribution in [0.3, 0.4) is 0 Å². The number of hydrogen-bond donors (Lipinski definition) is 0. The lowest BCUT2D eigenvalue weighted by Crippen LogP contribution is -2.52. The fourth-order valence-electron chi connectivity index (χ4n) is 2.70. The first-order valence-electron chi connectivity index (χ1n) is 8.37. The minimum absolute atomic E-state index is 0.253. The largest absolute Gasteiger partial charge is 0.413 e. The summed E-state index contributed by atoms with van der Waals surface area (Å²) in [6, 6.07) is 0. The zero-order chi connectivity index (χ0) is 15.7. The maximum Gasteiger partial charge on any atom is 0.236 e. The molecule has 4 nitrogen and oxygen atoms in total. The van der Waals surface area contributed by atoms with Crippen LogP contribution in [0.2, 0.25) is 18.1 Å². The van der Waals surface area contributed by atoms with Gasteiger partial charge in [-0.1, -0.05) is 20.8 Å². The normalized spacial score (nSPS) is 24.8. The van der Waals surface area contributed by atoms with Gasteiger partial charge in [0.05, 0.1) is 12.6 Å². The molecular formula is C16H32N2O2Si. The lowest BCUT2D eigenvalue weighted by Gasteiger charge is -2.42. The van der Waals surface area contributed by atoms with Gasteiger partial charge in [0.15, 0.2) is 8.32 Å². The molecule has 21 heavy (non-hydrogen) atoms. The number of nitrogens with zero attached hydrogens (tertiary/aromatic N) is 2. The van der Waals surface area contributed by atoms with Crippen LogP contribution < -0.4 is 0 Å². The van der Waals surface area contributed by atoms with E-state index in [0.29, 0.717) is 18.6 Å². The molecule has 1 atom stereocenters. The zero-order valence-corrected chi connectivity index (χ0v) is 15.4. The average Bonchev–Trinajstić information content (AvgIpc) is 2.24. The van der Waals surface area contributed by atoms with E-state index in [2.05, 4.69) is 38.8 Å². The molecule has 2 rings (SSSR count). The van der Waals surface area contributed by atoms with Crippen molar-refractivity contribution in [1.82, 2.24) is 9.80 Å². The molecule has 0 aromatic carbocycles. The van der Waals surface area contributed by atoms with Crippen molar-refractivity contribution >= 4 is 14.2 Å². The molecular weight excluding hydrogens is 280 g/mol. The van der Waals surface area contributed by atoms with Crippen molar-refractivity contribution in [2.24, 2.45) is 0 Å². The van der Waals surface area contributed by atoms with Gasteiger partial charge in [-0.15, -0.1) is 0 Å². The molecule has 2 saturated heterocycles. The Balaban J connectivity index is 1.84. The lowest BCUT2D eigenvalue weighted by molar-refractivity contribution is -0.136. The molecule has 0 saturated carbocycles. The van der Waals surface area contributed by atoms with Crippen molar-refractivity contribution in [1.29, 1.82) is 0 Å². The summed E-state index contributed by atoms with van der Waals surface area (Å²) in [6.45, 7) is 15.9. The van der Waals surface area contributed by atoms with Gasteiger partial charge in [0, 0.05) is 19.6 Å². The van der Waals surface area contributed by atoms with E-state index in [4.69, 9.17) is 4.43 Å². The van der Waals surface area contributed by atoms with Gasteiger partial charge in [0.2, 0.25) is 5.91 Å². The van der Waals surface area contributed by atoms with Crippen LogP contribution in [0.1, 0.15) is 40.0 Å². The molecule has 122 valence electrons. The third-order valence-corrected chi connectivity index (χ3v) is 9.83. The number of carbonyl (C=O) groups excluding carboxylic acids is 1. The molecule has 5 heteroatoms. The van der Waals surface area contributed by atoms with E-state index in [-0.39, 0.29) is 5.04 Å². The van der Waals surface area contributed by atoms with Gasteiger partial charge >= 0.3 is 0 Å². The van der Waals surface area contributed by atoms with Crippen molar-refractivity contribution in [2.45, 2.75) is 64.3 Å². The van der Waals surface area contributed by atoms with Gasteiger partial charge in [-0.25, -0.2) is 0 Å². The van der Waals surface area contributed by atoms with Crippen LogP contribution in [0.25, 0.3) is 0 Å². The highest BCUT2D eigenvalue weighted by Gasteiger charge is 2.40. The van der Waals surface area contributed by atoms with Crippen LogP contribution >= 0.6 is 0 Å². The van der Waals surface area contributed by atoms with Gasteiger partial charge in [-0.05, 0) is 43.9 Å². The average molecular weight is 313 g/mol. The molecule has 1 amide bonds. The van der Waals surface area contributed by atoms with Crippen LogP contribution in [-0.4, -0.2) is 62.9 Å². The second-order valence-electron chi connectivity index (χ2n) is 8.11. The highest BCUT2D eigenvalue weighted by Crippen LogP contribution is 2.38. The van der Waals surface area contributed by atoms with Crippen LogP contribution in [0.4, 0.5) is 0 Å². The summed E-state index contributed by atoms with van der Waals surface area (Å²) in [5.74, 6) is 0.300. The number of rotatable bonds is 4. The van der Waals surface area contributed by atoms with Gasteiger partial charge in [0.1, 0.15) is 0 Å². The van der Waals surface area contributed by atoms with Gasteiger partial charge in [-0.3, -0.25) is 9.69 Å². The quantitative estimate of drug-likeness (QED) is 0.748. The van der Waals surface area contributed by atoms with Crippen LogP contribution in [0.5, 0.6) is 0 Å². The summed E-state index contributed by atoms with van der Waals surface area (Å²) in [7, 11) is -1.70. The van der Waals surface area contributed by atoms with E-state index in [1.807, 2.05) is 4.90 Å². The molecule has 2 fully saturated rings. The van der Waals surface area contributed by atoms with Crippen LogP contribution in [0.15, 0.2) is 0 Å². The monoisotopic (exact) mass is 312 g/mol. The Labute approximate surface area is 131 Å². The predicted octanol–water partition coefficient (Wildman–Crippen LogP) is 2.70. The SMILES string of the molecule is CC(C)(C)[Si](C)(C)O[C@H]1CCCN(CC(=O)N2CCC2)C1. The van der Waals surface area contributed by atoms with E-state index < -0.39 is 8.32 Å². The Morgan fingerprint density at radius 3 is 2.38 bits per heavy atom. The molecule has 0 bridgehead atoms. The number of amides is 1. The number of hydrogen-bond acceptors (Lipinski definition) is 3. The van der Waals surface area contributed by atoms with E-state index in [1.165, 1.54) is 6.42 Å². The minimum atomic E-state index is -1.70. The molecule has 2 aliphatic rings. The summed E-state index contributed by atoms with van der Waals surface area (Å²) in [5, 5.41) is 0.253. The first kappa shape index (κ1) is 17.0. The second kappa shape index (κ2) is 6.38. The standard InChI is InChI=1S/C16H32N2O2Si/c1-16(2,3)21(4,5)20-14-8-6-9-17(12-14)13-15(19)18-10-7-11-18/h14H,6-13H2,1-5H3/t14-/m0/s1. The predicted molar refractivity (Wildman–Crippen MR) is 88.9 cm³/mol. The second-order valence-corrected chi connectivity index (χ2v) is 12.9. The summed E-state index contributed by atoms with van der Waals surface area (Å²) in [4.78, 5) is 16.4. The minimum Gasteiger partial charge on any atom is -0.413 e. The lowest BCUT2D eigenvalue weighted by atomic mass is 10.1. The first-order valence-corrected chi connectivity index (χ1v) is 11.3. The van der Waals surface area contributed by atoms with E-state index >= 15 is 0 Å². The Morgan fingerprint density at radius 2 is 1.86 bits per heavy atom. The fourth-order valence-corrected chi connectivity index (χ4v) is 4.08. The van der Waals surface area contributed by atoms with Gasteiger partial charge in [-0.2, -0.15) is 0 Å². The molecule has 0 spiro atoms. The molecule has 0 aromatic rings. The summed E-state index contributed by atoms with van der Waals surface area (Å²) in [6.07, 6.45) is 3.76. The first-order chi connectivity index (χ1) is 9.69. The van der Waals surface area contributed by atoms with Gasteiger partial charge < -0.3 is 9.33 Å². The van der Waals surface area contributed by atoms with Crippen molar-refractivity contribution < 1.29 is 9.22 Å². The Bertz CT molecular complexity index is 375. The van der Waals surface area contributed by atoms with Gasteiger partial charge in [0.25, 0.3) is 0 Å². The van der Waals surface area contributed by atoms with Crippen LogP contribution in [-0.2, 0) is 9.22 Å². The summed E-state index contributed by atoms with van der Waals surface area (Å²) < 4.78 is 6.53. The molecule has 0 aromatic heterocycles. The highest BCUT2D eigenvalue weighted by atomic mass is 28.4. The zero-order valence-electron chi connectivity index (χ0n) is 14.4. The fraction of sp³-hybridized carbons (Fsp3) is 0.938. The molecule has 2 aliphatic heterocycles. The smallest absolute Gasteiger partial charge is 0.236 e. The van der Waals surface area contributed by atoms with Crippen LogP contribution in [0, 0.1) is 0 Å². The molecule has 2 heterocycles. The summed E-state index contributed by atoms with van der Waals surface area (Å²) in [5.41, 5.74) is 0. The van der Waals surface area contributed by atoms with Crippen molar-refractivity contribution in [3.8, 4) is 0 Å². The summed E-state index contributed by atoms with van der Waals surface area (Å²) >= 11 is 0.